The maximum atomic E-state index is 12.3. The van der Waals surface area contributed by atoms with Crippen molar-refractivity contribution >= 4 is 38.7 Å². The van der Waals surface area contributed by atoms with Gasteiger partial charge in [0, 0.05) is 16.1 Å². The third kappa shape index (κ3) is 1.99. The van der Waals surface area contributed by atoms with Crippen LogP contribution in [0.15, 0.2) is 47.8 Å². The second-order valence-corrected chi connectivity index (χ2v) is 6.21. The molecule has 0 fully saturated rings. The number of rotatable bonds is 2. The number of thiophene rings is 1. The van der Waals surface area contributed by atoms with Gasteiger partial charge in [-0.05, 0) is 46.2 Å². The molecule has 3 aromatic rings. The third-order valence-electron chi connectivity index (χ3n) is 3.93. The molecule has 1 aromatic heterocycles. The van der Waals surface area contributed by atoms with Crippen molar-refractivity contribution < 1.29 is 4.79 Å². The summed E-state index contributed by atoms with van der Waals surface area (Å²) in [5, 5.41) is 3.38. The van der Waals surface area contributed by atoms with Crippen molar-refractivity contribution in [2.75, 3.05) is 10.6 Å². The van der Waals surface area contributed by atoms with E-state index in [4.69, 9.17) is 5.73 Å². The Balaban J connectivity index is 1.73. The molecule has 0 saturated carbocycles. The van der Waals surface area contributed by atoms with Gasteiger partial charge in [-0.3, -0.25) is 4.79 Å². The van der Waals surface area contributed by atoms with Crippen LogP contribution in [0.5, 0.6) is 0 Å². The summed E-state index contributed by atoms with van der Waals surface area (Å²) in [7, 11) is 0. The van der Waals surface area contributed by atoms with E-state index in [0.29, 0.717) is 18.7 Å². The molecular formula is C17H14N2OS. The van der Waals surface area contributed by atoms with Crippen LogP contribution >= 0.6 is 11.3 Å². The first-order valence-electron chi connectivity index (χ1n) is 6.86. The van der Waals surface area contributed by atoms with Gasteiger partial charge in [0.05, 0.1) is 13.0 Å². The molecule has 2 heterocycles. The zero-order valence-corrected chi connectivity index (χ0v) is 12.2. The summed E-state index contributed by atoms with van der Waals surface area (Å²) in [4.78, 5) is 14.2. The zero-order valence-electron chi connectivity index (χ0n) is 11.4. The van der Waals surface area contributed by atoms with Gasteiger partial charge in [-0.2, -0.15) is 0 Å². The number of benzene rings is 2. The minimum absolute atomic E-state index is 0.144. The number of nitrogens with two attached hydrogens (primary N) is 1. The number of hydrogen-bond acceptors (Lipinski definition) is 3. The van der Waals surface area contributed by atoms with Crippen molar-refractivity contribution in [1.29, 1.82) is 0 Å². The van der Waals surface area contributed by atoms with Crippen molar-refractivity contribution in [3.63, 3.8) is 0 Å². The molecule has 1 amide bonds. The lowest BCUT2D eigenvalue weighted by Gasteiger charge is -2.17. The minimum Gasteiger partial charge on any atom is -0.399 e. The fourth-order valence-electron chi connectivity index (χ4n) is 2.90. The Labute approximate surface area is 126 Å². The maximum Gasteiger partial charge on any atom is 0.231 e. The number of carbonyl (C=O) groups is 1. The number of nitrogens with zero attached hydrogens (tertiary/aromatic N) is 1. The van der Waals surface area contributed by atoms with Gasteiger partial charge in [0.2, 0.25) is 5.91 Å². The highest BCUT2D eigenvalue weighted by molar-refractivity contribution is 7.17. The molecule has 1 aliphatic heterocycles. The van der Waals surface area contributed by atoms with Crippen LogP contribution in [0.4, 0.5) is 11.4 Å². The Bertz CT molecular complexity index is 853. The van der Waals surface area contributed by atoms with Gasteiger partial charge >= 0.3 is 0 Å². The van der Waals surface area contributed by atoms with E-state index in [1.54, 1.807) is 11.3 Å². The summed E-state index contributed by atoms with van der Waals surface area (Å²) in [5.74, 6) is 0.144. The molecule has 0 radical (unpaired) electrons. The fourth-order valence-corrected chi connectivity index (χ4v) is 3.86. The highest BCUT2D eigenvalue weighted by Crippen LogP contribution is 2.34. The Morgan fingerprint density at radius 1 is 1.19 bits per heavy atom. The second-order valence-electron chi connectivity index (χ2n) is 5.30. The fraction of sp³-hybridized carbons (Fsp3) is 0.118. The van der Waals surface area contributed by atoms with Crippen LogP contribution in [-0.2, 0) is 17.8 Å². The Hall–Kier alpha value is -2.33. The molecule has 2 aromatic carbocycles. The van der Waals surface area contributed by atoms with Crippen LogP contribution in [0.2, 0.25) is 0 Å². The van der Waals surface area contributed by atoms with Gasteiger partial charge in [0.1, 0.15) is 0 Å². The van der Waals surface area contributed by atoms with Gasteiger partial charge in [0.25, 0.3) is 0 Å². The first kappa shape index (κ1) is 12.4. The molecule has 0 saturated heterocycles. The highest BCUT2D eigenvalue weighted by atomic mass is 32.1. The summed E-state index contributed by atoms with van der Waals surface area (Å²) in [6.07, 6.45) is 0.447. The molecule has 0 aliphatic carbocycles. The number of amides is 1. The number of carbonyl (C=O) groups excluding carboxylic acids is 1. The lowest BCUT2D eigenvalue weighted by atomic mass is 10.1. The lowest BCUT2D eigenvalue weighted by molar-refractivity contribution is -0.117. The quantitative estimate of drug-likeness (QED) is 0.734. The molecule has 2 N–H and O–H groups in total. The molecule has 3 nitrogen and oxygen atoms in total. The summed E-state index contributed by atoms with van der Waals surface area (Å²) in [5.41, 5.74) is 9.74. The molecule has 4 heteroatoms. The van der Waals surface area contributed by atoms with Crippen molar-refractivity contribution in [1.82, 2.24) is 0 Å². The summed E-state index contributed by atoms with van der Waals surface area (Å²) < 4.78 is 1.26. The monoisotopic (exact) mass is 294 g/mol. The van der Waals surface area contributed by atoms with Crippen LogP contribution in [0.3, 0.4) is 0 Å². The lowest BCUT2D eigenvalue weighted by Crippen LogP contribution is -2.25. The molecule has 104 valence electrons. The largest absolute Gasteiger partial charge is 0.399 e. The first-order valence-corrected chi connectivity index (χ1v) is 7.74. The number of anilines is 2. The molecular weight excluding hydrogens is 280 g/mol. The predicted molar refractivity (Wildman–Crippen MR) is 87.6 cm³/mol. The van der Waals surface area contributed by atoms with Gasteiger partial charge < -0.3 is 10.6 Å². The molecule has 0 atom stereocenters. The molecule has 0 bridgehead atoms. The van der Waals surface area contributed by atoms with Gasteiger partial charge in [-0.1, -0.05) is 18.2 Å². The van der Waals surface area contributed by atoms with Gasteiger partial charge in [0.15, 0.2) is 0 Å². The molecule has 0 spiro atoms. The Morgan fingerprint density at radius 3 is 2.95 bits per heavy atom. The predicted octanol–water partition coefficient (Wildman–Crippen LogP) is 3.57. The van der Waals surface area contributed by atoms with E-state index < -0.39 is 0 Å². The number of hydrogen-bond donors (Lipinski definition) is 1. The van der Waals surface area contributed by atoms with Crippen molar-refractivity contribution in [2.24, 2.45) is 0 Å². The topological polar surface area (TPSA) is 46.3 Å². The standard InChI is InChI=1S/C17H14N2OS/c18-13-5-6-15-11(7-13)8-17(20)19(15)9-12-10-21-16-4-2-1-3-14(12)16/h1-7,10H,8-9,18H2. The Kier molecular flexibility index (Phi) is 2.72. The van der Waals surface area contributed by atoms with E-state index in [1.807, 2.05) is 35.2 Å². The summed E-state index contributed by atoms with van der Waals surface area (Å²) >= 11 is 1.72. The average molecular weight is 294 g/mol. The van der Waals surface area contributed by atoms with E-state index in [9.17, 15) is 4.79 Å². The normalized spacial score (nSPS) is 13.9. The SMILES string of the molecule is Nc1ccc2c(c1)CC(=O)N2Cc1csc2ccccc12. The van der Waals surface area contributed by atoms with Crippen LogP contribution < -0.4 is 10.6 Å². The minimum atomic E-state index is 0.144. The maximum absolute atomic E-state index is 12.3. The Morgan fingerprint density at radius 2 is 2.05 bits per heavy atom. The van der Waals surface area contributed by atoms with Gasteiger partial charge in [-0.25, -0.2) is 0 Å². The number of fused-ring (bicyclic) bond motifs is 2. The first-order chi connectivity index (χ1) is 10.2. The molecule has 0 unspecified atom stereocenters. The van der Waals surface area contributed by atoms with Crippen LogP contribution in [0, 0.1) is 0 Å². The van der Waals surface area contributed by atoms with E-state index in [1.165, 1.54) is 15.6 Å². The van der Waals surface area contributed by atoms with E-state index in [0.717, 1.165) is 11.3 Å². The smallest absolute Gasteiger partial charge is 0.231 e. The third-order valence-corrected chi connectivity index (χ3v) is 4.94. The number of nitrogen functional groups attached to an aromatic ring is 1. The van der Waals surface area contributed by atoms with Crippen LogP contribution in [-0.4, -0.2) is 5.91 Å². The van der Waals surface area contributed by atoms with E-state index in [-0.39, 0.29) is 5.91 Å². The molecule has 1 aliphatic rings. The van der Waals surface area contributed by atoms with E-state index >= 15 is 0 Å². The zero-order chi connectivity index (χ0) is 14.4. The summed E-state index contributed by atoms with van der Waals surface area (Å²) in [6, 6.07) is 14.0. The average Bonchev–Trinajstić information content (AvgIpc) is 3.01. The molecule has 21 heavy (non-hydrogen) atoms. The van der Waals surface area contributed by atoms with Crippen molar-refractivity contribution in [2.45, 2.75) is 13.0 Å². The van der Waals surface area contributed by atoms with Crippen LogP contribution in [0.1, 0.15) is 11.1 Å². The van der Waals surface area contributed by atoms with Crippen molar-refractivity contribution in [3.8, 4) is 0 Å². The summed E-state index contributed by atoms with van der Waals surface area (Å²) in [6.45, 7) is 0.625. The highest BCUT2D eigenvalue weighted by Gasteiger charge is 2.27. The van der Waals surface area contributed by atoms with E-state index in [2.05, 4.69) is 17.5 Å². The van der Waals surface area contributed by atoms with Gasteiger partial charge in [-0.15, -0.1) is 11.3 Å². The molecule has 4 rings (SSSR count). The second kappa shape index (κ2) is 4.60. The van der Waals surface area contributed by atoms with Crippen LogP contribution in [0.25, 0.3) is 10.1 Å². The van der Waals surface area contributed by atoms with Crippen molar-refractivity contribution in [3.05, 3.63) is 59.0 Å².